The van der Waals surface area contributed by atoms with E-state index < -0.39 is 17.7 Å². The second kappa shape index (κ2) is 5.17. The molecule has 17 heavy (non-hydrogen) atoms. The summed E-state index contributed by atoms with van der Waals surface area (Å²) in [5.74, 6) is -1.67. The zero-order valence-corrected chi connectivity index (χ0v) is 10.9. The zero-order chi connectivity index (χ0) is 12.4. The van der Waals surface area contributed by atoms with E-state index >= 15 is 0 Å². The van der Waals surface area contributed by atoms with Crippen LogP contribution in [0.5, 0.6) is 0 Å². The normalized spacial score (nSPS) is 18.2. The van der Waals surface area contributed by atoms with Gasteiger partial charge in [0.2, 0.25) is 0 Å². The second-order valence-electron chi connectivity index (χ2n) is 4.53. The van der Waals surface area contributed by atoms with Crippen LogP contribution in [0.4, 0.5) is 4.39 Å². The van der Waals surface area contributed by atoms with Crippen LogP contribution in [-0.2, 0) is 4.79 Å². The molecule has 1 N–H and O–H groups in total. The van der Waals surface area contributed by atoms with Gasteiger partial charge in [-0.2, -0.15) is 0 Å². The number of carbonyl (C=O) groups is 1. The quantitative estimate of drug-likeness (QED) is 0.918. The first-order valence-corrected chi connectivity index (χ1v) is 6.56. The van der Waals surface area contributed by atoms with E-state index in [1.165, 1.54) is 6.07 Å². The first-order chi connectivity index (χ1) is 8.09. The molecule has 0 saturated heterocycles. The van der Waals surface area contributed by atoms with Gasteiger partial charge in [0.1, 0.15) is 5.82 Å². The highest BCUT2D eigenvalue weighted by molar-refractivity contribution is 9.10. The van der Waals surface area contributed by atoms with Crippen LogP contribution in [0.3, 0.4) is 0 Å². The fourth-order valence-electron chi connectivity index (χ4n) is 2.61. The van der Waals surface area contributed by atoms with Gasteiger partial charge in [-0.05, 0) is 52.4 Å². The standard InChI is InChI=1S/C13H14BrFO2/c14-10-6-5-9(7-11(10)15)12(13(16)17)8-3-1-2-4-8/h5-8,12H,1-4H2,(H,16,17). The minimum atomic E-state index is -0.848. The molecule has 0 bridgehead atoms. The van der Waals surface area contributed by atoms with Crippen molar-refractivity contribution in [2.45, 2.75) is 31.6 Å². The van der Waals surface area contributed by atoms with Gasteiger partial charge in [-0.3, -0.25) is 4.79 Å². The van der Waals surface area contributed by atoms with Gasteiger partial charge >= 0.3 is 5.97 Å². The van der Waals surface area contributed by atoms with Crippen LogP contribution in [0, 0.1) is 11.7 Å². The average Bonchev–Trinajstić information content (AvgIpc) is 2.76. The summed E-state index contributed by atoms with van der Waals surface area (Å²) >= 11 is 3.08. The molecule has 0 aromatic heterocycles. The van der Waals surface area contributed by atoms with E-state index in [1.807, 2.05) is 0 Å². The third-order valence-electron chi connectivity index (χ3n) is 3.44. The summed E-state index contributed by atoms with van der Waals surface area (Å²) in [6, 6.07) is 4.61. The summed E-state index contributed by atoms with van der Waals surface area (Å²) in [4.78, 5) is 11.3. The monoisotopic (exact) mass is 300 g/mol. The molecule has 0 amide bonds. The van der Waals surface area contributed by atoms with Crippen LogP contribution >= 0.6 is 15.9 Å². The number of rotatable bonds is 3. The number of aliphatic carboxylic acids is 1. The Labute approximate surface area is 108 Å². The SMILES string of the molecule is O=C(O)C(c1ccc(Br)c(F)c1)C1CCCC1. The van der Waals surface area contributed by atoms with E-state index in [1.54, 1.807) is 12.1 Å². The summed E-state index contributed by atoms with van der Waals surface area (Å²) in [6.07, 6.45) is 4.00. The molecule has 1 saturated carbocycles. The summed E-state index contributed by atoms with van der Waals surface area (Å²) in [7, 11) is 0. The molecular weight excluding hydrogens is 287 g/mol. The molecule has 1 aliphatic rings. The fourth-order valence-corrected chi connectivity index (χ4v) is 2.86. The van der Waals surface area contributed by atoms with Crippen molar-refractivity contribution in [1.29, 1.82) is 0 Å². The number of carboxylic acid groups (broad SMARTS) is 1. The molecule has 4 heteroatoms. The van der Waals surface area contributed by atoms with E-state index in [-0.39, 0.29) is 5.92 Å². The van der Waals surface area contributed by atoms with E-state index in [0.717, 1.165) is 25.7 Å². The molecule has 1 aromatic carbocycles. The first kappa shape index (κ1) is 12.6. The van der Waals surface area contributed by atoms with Gasteiger partial charge in [-0.1, -0.05) is 18.9 Å². The Kier molecular flexibility index (Phi) is 3.82. The molecule has 0 spiro atoms. The highest BCUT2D eigenvalue weighted by Crippen LogP contribution is 2.38. The highest BCUT2D eigenvalue weighted by atomic mass is 79.9. The molecular formula is C13H14BrFO2. The largest absolute Gasteiger partial charge is 0.481 e. The van der Waals surface area contributed by atoms with Crippen LogP contribution < -0.4 is 0 Å². The number of hydrogen-bond acceptors (Lipinski definition) is 1. The van der Waals surface area contributed by atoms with Crippen LogP contribution in [0.15, 0.2) is 22.7 Å². The van der Waals surface area contributed by atoms with Crippen LogP contribution in [-0.4, -0.2) is 11.1 Å². The Morgan fingerprint density at radius 2 is 2.06 bits per heavy atom. The van der Waals surface area contributed by atoms with Crippen molar-refractivity contribution in [1.82, 2.24) is 0 Å². The Morgan fingerprint density at radius 3 is 2.59 bits per heavy atom. The number of hydrogen-bond donors (Lipinski definition) is 1. The van der Waals surface area contributed by atoms with E-state index in [0.29, 0.717) is 10.0 Å². The van der Waals surface area contributed by atoms with Crippen molar-refractivity contribution in [3.05, 3.63) is 34.1 Å². The van der Waals surface area contributed by atoms with Gasteiger partial charge in [0, 0.05) is 0 Å². The summed E-state index contributed by atoms with van der Waals surface area (Å²) < 4.78 is 13.8. The maximum Gasteiger partial charge on any atom is 0.311 e. The summed E-state index contributed by atoms with van der Waals surface area (Å²) in [5, 5.41) is 9.31. The molecule has 1 fully saturated rings. The van der Waals surface area contributed by atoms with E-state index in [9.17, 15) is 14.3 Å². The van der Waals surface area contributed by atoms with Gasteiger partial charge < -0.3 is 5.11 Å². The van der Waals surface area contributed by atoms with E-state index in [2.05, 4.69) is 15.9 Å². The molecule has 0 heterocycles. The van der Waals surface area contributed by atoms with Crippen molar-refractivity contribution in [2.75, 3.05) is 0 Å². The average molecular weight is 301 g/mol. The van der Waals surface area contributed by atoms with E-state index in [4.69, 9.17) is 0 Å². The highest BCUT2D eigenvalue weighted by Gasteiger charge is 2.32. The third-order valence-corrected chi connectivity index (χ3v) is 4.08. The lowest BCUT2D eigenvalue weighted by Crippen LogP contribution is -2.19. The smallest absolute Gasteiger partial charge is 0.311 e. The Hall–Kier alpha value is -0.900. The van der Waals surface area contributed by atoms with Crippen molar-refractivity contribution >= 4 is 21.9 Å². The predicted octanol–water partition coefficient (Wildman–Crippen LogP) is 3.95. The third kappa shape index (κ3) is 2.68. The van der Waals surface area contributed by atoms with Gasteiger partial charge in [0.25, 0.3) is 0 Å². The minimum Gasteiger partial charge on any atom is -0.481 e. The number of halogens is 2. The summed E-state index contributed by atoms with van der Waals surface area (Å²) in [6.45, 7) is 0. The molecule has 1 aliphatic carbocycles. The lowest BCUT2D eigenvalue weighted by atomic mass is 9.85. The molecule has 2 rings (SSSR count). The van der Waals surface area contributed by atoms with Crippen molar-refractivity contribution in [3.8, 4) is 0 Å². The maximum atomic E-state index is 13.5. The summed E-state index contributed by atoms with van der Waals surface area (Å²) in [5.41, 5.74) is 0.574. The van der Waals surface area contributed by atoms with Crippen molar-refractivity contribution < 1.29 is 14.3 Å². The molecule has 0 aliphatic heterocycles. The maximum absolute atomic E-state index is 13.5. The van der Waals surface area contributed by atoms with Crippen LogP contribution in [0.2, 0.25) is 0 Å². The van der Waals surface area contributed by atoms with Gasteiger partial charge in [0.15, 0.2) is 0 Å². The van der Waals surface area contributed by atoms with Crippen molar-refractivity contribution in [2.24, 2.45) is 5.92 Å². The predicted molar refractivity (Wildman–Crippen MR) is 66.4 cm³/mol. The molecule has 1 unspecified atom stereocenters. The zero-order valence-electron chi connectivity index (χ0n) is 9.33. The minimum absolute atomic E-state index is 0.146. The van der Waals surface area contributed by atoms with Crippen LogP contribution in [0.1, 0.15) is 37.2 Å². The van der Waals surface area contributed by atoms with Crippen LogP contribution in [0.25, 0.3) is 0 Å². The number of benzene rings is 1. The Morgan fingerprint density at radius 1 is 1.41 bits per heavy atom. The molecule has 0 radical (unpaired) electrons. The Balaban J connectivity index is 2.31. The lowest BCUT2D eigenvalue weighted by molar-refractivity contribution is -0.140. The second-order valence-corrected chi connectivity index (χ2v) is 5.39. The Bertz CT molecular complexity index is 427. The molecule has 1 aromatic rings. The first-order valence-electron chi connectivity index (χ1n) is 5.77. The van der Waals surface area contributed by atoms with Gasteiger partial charge in [-0.25, -0.2) is 4.39 Å². The van der Waals surface area contributed by atoms with Gasteiger partial charge in [-0.15, -0.1) is 0 Å². The topological polar surface area (TPSA) is 37.3 Å². The molecule has 92 valence electrons. The van der Waals surface area contributed by atoms with Gasteiger partial charge in [0.05, 0.1) is 10.4 Å². The fraction of sp³-hybridized carbons (Fsp3) is 0.462. The lowest BCUT2D eigenvalue weighted by Gasteiger charge is -2.19. The molecule has 2 nitrogen and oxygen atoms in total. The van der Waals surface area contributed by atoms with Crippen molar-refractivity contribution in [3.63, 3.8) is 0 Å². The number of carboxylic acids is 1. The molecule has 1 atom stereocenters.